The van der Waals surface area contributed by atoms with Crippen LogP contribution in [-0.2, 0) is 0 Å². The van der Waals surface area contributed by atoms with Gasteiger partial charge in [0, 0.05) is 39.1 Å². The van der Waals surface area contributed by atoms with E-state index in [0.717, 1.165) is 61.3 Å². The Labute approximate surface area is 286 Å². The van der Waals surface area contributed by atoms with Crippen LogP contribution in [0.2, 0.25) is 0 Å². The summed E-state index contributed by atoms with van der Waals surface area (Å²) in [5, 5.41) is 9.06. The third kappa shape index (κ3) is 5.39. The van der Waals surface area contributed by atoms with E-state index in [1.807, 2.05) is 43.5 Å². The second-order valence-corrected chi connectivity index (χ2v) is 11.9. The SMILES string of the molecule is C=N/C(=C\C=C/C)N(c1ccc2ccccc2c1)c1c2ccccc2c(N(c2ccc3ccccc3c2)c2ccccn2)c2ccccc12. The minimum absolute atomic E-state index is 0.729. The minimum atomic E-state index is 0.729. The summed E-state index contributed by atoms with van der Waals surface area (Å²) < 4.78 is 0. The summed E-state index contributed by atoms with van der Waals surface area (Å²) in [4.78, 5) is 14.1. The van der Waals surface area contributed by atoms with Gasteiger partial charge in [0.2, 0.25) is 0 Å². The molecule has 0 atom stereocenters. The zero-order valence-electron chi connectivity index (χ0n) is 27.2. The lowest BCUT2D eigenvalue weighted by molar-refractivity contribution is 1.14. The number of rotatable bonds is 8. The van der Waals surface area contributed by atoms with Crippen molar-refractivity contribution in [2.75, 3.05) is 9.80 Å². The van der Waals surface area contributed by atoms with Crippen LogP contribution in [0.15, 0.2) is 187 Å². The third-order valence-corrected chi connectivity index (χ3v) is 9.01. The van der Waals surface area contributed by atoms with Gasteiger partial charge in [-0.25, -0.2) is 9.98 Å². The second-order valence-electron chi connectivity index (χ2n) is 11.9. The van der Waals surface area contributed by atoms with Crippen LogP contribution < -0.4 is 9.80 Å². The van der Waals surface area contributed by atoms with Gasteiger partial charge < -0.3 is 0 Å². The van der Waals surface area contributed by atoms with Crippen molar-refractivity contribution < 1.29 is 0 Å². The molecule has 0 spiro atoms. The van der Waals surface area contributed by atoms with Crippen LogP contribution >= 0.6 is 0 Å². The molecule has 0 bridgehead atoms. The number of benzene rings is 7. The second kappa shape index (κ2) is 12.9. The van der Waals surface area contributed by atoms with E-state index >= 15 is 0 Å². The Morgan fingerprint density at radius 2 is 1.08 bits per heavy atom. The molecule has 1 heterocycles. The average Bonchev–Trinajstić information content (AvgIpc) is 3.17. The largest absolute Gasteiger partial charge is 0.294 e. The molecule has 0 aliphatic carbocycles. The minimum Gasteiger partial charge on any atom is -0.294 e. The van der Waals surface area contributed by atoms with Crippen LogP contribution in [0, 0.1) is 0 Å². The molecule has 0 fully saturated rings. The molecule has 8 rings (SSSR count). The Morgan fingerprint density at radius 3 is 1.63 bits per heavy atom. The molecular formula is C45H34N4. The molecule has 0 saturated heterocycles. The van der Waals surface area contributed by atoms with E-state index in [1.165, 1.54) is 16.2 Å². The topological polar surface area (TPSA) is 31.7 Å². The van der Waals surface area contributed by atoms with Gasteiger partial charge in [0.05, 0.1) is 11.4 Å². The molecule has 234 valence electrons. The Kier molecular flexibility index (Phi) is 7.88. The maximum absolute atomic E-state index is 4.91. The van der Waals surface area contributed by atoms with Crippen LogP contribution in [0.5, 0.6) is 0 Å². The molecule has 4 heteroatoms. The van der Waals surface area contributed by atoms with Gasteiger partial charge in [-0.15, -0.1) is 0 Å². The summed E-state index contributed by atoms with van der Waals surface area (Å²) in [6, 6.07) is 53.5. The number of aromatic nitrogens is 1. The van der Waals surface area contributed by atoms with Gasteiger partial charge in [0.1, 0.15) is 11.6 Å². The van der Waals surface area contributed by atoms with Crippen molar-refractivity contribution in [2.24, 2.45) is 4.99 Å². The lowest BCUT2D eigenvalue weighted by atomic mass is 9.95. The van der Waals surface area contributed by atoms with Gasteiger partial charge >= 0.3 is 0 Å². The number of hydrogen-bond acceptors (Lipinski definition) is 4. The number of nitrogens with zero attached hydrogens (tertiary/aromatic N) is 4. The molecule has 0 unspecified atom stereocenters. The number of fused-ring (bicyclic) bond motifs is 4. The van der Waals surface area contributed by atoms with E-state index in [1.54, 1.807) is 0 Å². The molecule has 0 amide bonds. The predicted molar refractivity (Wildman–Crippen MR) is 210 cm³/mol. The van der Waals surface area contributed by atoms with Gasteiger partial charge in [-0.3, -0.25) is 9.80 Å². The van der Waals surface area contributed by atoms with E-state index in [9.17, 15) is 0 Å². The lowest BCUT2D eigenvalue weighted by Gasteiger charge is -2.32. The monoisotopic (exact) mass is 630 g/mol. The van der Waals surface area contributed by atoms with Crippen molar-refractivity contribution in [2.45, 2.75) is 6.92 Å². The summed E-state index contributed by atoms with van der Waals surface area (Å²) in [6.07, 6.45) is 7.91. The maximum Gasteiger partial charge on any atom is 0.137 e. The Bertz CT molecular complexity index is 2490. The Hall–Kier alpha value is -6.52. The van der Waals surface area contributed by atoms with Gasteiger partial charge in [0.25, 0.3) is 0 Å². The number of allylic oxidation sites excluding steroid dienone is 3. The fraction of sp³-hybridized carbons (Fsp3) is 0.0222. The highest BCUT2D eigenvalue weighted by molar-refractivity contribution is 6.23. The van der Waals surface area contributed by atoms with Crippen LogP contribution in [0.25, 0.3) is 43.1 Å². The molecule has 49 heavy (non-hydrogen) atoms. The smallest absolute Gasteiger partial charge is 0.137 e. The van der Waals surface area contributed by atoms with Crippen molar-refractivity contribution in [3.05, 3.63) is 182 Å². The summed E-state index contributed by atoms with van der Waals surface area (Å²) in [5.41, 5.74) is 4.13. The molecular weight excluding hydrogens is 597 g/mol. The van der Waals surface area contributed by atoms with Gasteiger partial charge in [-0.2, -0.15) is 0 Å². The number of aliphatic imine (C=N–C) groups is 1. The number of pyridine rings is 1. The van der Waals surface area contributed by atoms with Crippen molar-refractivity contribution >= 4 is 78.4 Å². The predicted octanol–water partition coefficient (Wildman–Crippen LogP) is 12.4. The van der Waals surface area contributed by atoms with Gasteiger partial charge in [-0.1, -0.05) is 127 Å². The number of anilines is 5. The zero-order chi connectivity index (χ0) is 33.2. The fourth-order valence-corrected chi connectivity index (χ4v) is 6.81. The quantitative estimate of drug-likeness (QED) is 0.0724. The normalized spacial score (nSPS) is 11.9. The van der Waals surface area contributed by atoms with E-state index < -0.39 is 0 Å². The average molecular weight is 631 g/mol. The molecule has 8 aromatic rings. The van der Waals surface area contributed by atoms with E-state index in [0.29, 0.717) is 0 Å². The zero-order valence-corrected chi connectivity index (χ0v) is 27.2. The molecule has 4 nitrogen and oxygen atoms in total. The van der Waals surface area contributed by atoms with Crippen LogP contribution in [0.1, 0.15) is 6.92 Å². The van der Waals surface area contributed by atoms with Crippen LogP contribution in [0.4, 0.5) is 28.6 Å². The molecule has 0 radical (unpaired) electrons. The van der Waals surface area contributed by atoms with Crippen molar-refractivity contribution in [3.8, 4) is 0 Å². The highest BCUT2D eigenvalue weighted by Crippen LogP contribution is 2.50. The molecule has 1 aromatic heterocycles. The van der Waals surface area contributed by atoms with E-state index in [2.05, 4.69) is 161 Å². The first kappa shape index (κ1) is 29.9. The highest BCUT2D eigenvalue weighted by atomic mass is 15.2. The lowest BCUT2D eigenvalue weighted by Crippen LogP contribution is -2.18. The molecule has 7 aromatic carbocycles. The van der Waals surface area contributed by atoms with Gasteiger partial charge in [0.15, 0.2) is 0 Å². The number of hydrogen-bond donors (Lipinski definition) is 0. The molecule has 0 aliphatic rings. The summed E-state index contributed by atoms with van der Waals surface area (Å²) in [5.74, 6) is 1.57. The van der Waals surface area contributed by atoms with Crippen LogP contribution in [-0.4, -0.2) is 11.7 Å². The molecule has 0 saturated carbocycles. The molecule has 0 N–H and O–H groups in total. The van der Waals surface area contributed by atoms with E-state index in [4.69, 9.17) is 4.98 Å². The van der Waals surface area contributed by atoms with Crippen LogP contribution in [0.3, 0.4) is 0 Å². The summed E-state index contributed by atoms with van der Waals surface area (Å²) in [6.45, 7) is 6.06. The van der Waals surface area contributed by atoms with E-state index in [-0.39, 0.29) is 0 Å². The maximum atomic E-state index is 4.91. The standard InChI is InChI=1S/C45H34N4/c1-3-4-23-42(46-2)48(36-27-25-32-15-5-7-17-34(32)30-36)44-38-19-9-11-21-40(38)45(41-22-12-10-20-39(41)44)49(43-24-13-14-29-47-43)37-28-26-33-16-6-8-18-35(33)31-37/h3-31H,2H2,1H3/b4-3-,42-23+. The first-order valence-corrected chi connectivity index (χ1v) is 16.5. The third-order valence-electron chi connectivity index (χ3n) is 9.01. The Morgan fingerprint density at radius 1 is 0.571 bits per heavy atom. The van der Waals surface area contributed by atoms with Crippen molar-refractivity contribution in [1.29, 1.82) is 0 Å². The first-order chi connectivity index (χ1) is 24.2. The van der Waals surface area contributed by atoms with Crippen molar-refractivity contribution in [3.63, 3.8) is 0 Å². The summed E-state index contributed by atoms with van der Waals surface area (Å²) in [7, 11) is 0. The highest BCUT2D eigenvalue weighted by Gasteiger charge is 2.26. The molecule has 0 aliphatic heterocycles. The van der Waals surface area contributed by atoms with Gasteiger partial charge in [-0.05, 0) is 77.7 Å². The van der Waals surface area contributed by atoms with Crippen molar-refractivity contribution in [1.82, 2.24) is 4.98 Å². The Balaban J connectivity index is 1.48. The fourth-order valence-electron chi connectivity index (χ4n) is 6.81. The first-order valence-electron chi connectivity index (χ1n) is 16.5. The summed E-state index contributed by atoms with van der Waals surface area (Å²) >= 11 is 0.